The van der Waals surface area contributed by atoms with Gasteiger partial charge in [-0.25, -0.2) is 9.18 Å². The lowest BCUT2D eigenvalue weighted by Gasteiger charge is -2.18. The Morgan fingerprint density at radius 2 is 1.72 bits per heavy atom. The number of esters is 1. The van der Waals surface area contributed by atoms with Gasteiger partial charge < -0.3 is 20.4 Å². The van der Waals surface area contributed by atoms with Crippen molar-refractivity contribution in [1.82, 2.24) is 10.3 Å². The first-order valence-electron chi connectivity index (χ1n) is 11.0. The Morgan fingerprint density at radius 1 is 1.00 bits per heavy atom. The highest BCUT2D eigenvalue weighted by atomic mass is 19.1. The van der Waals surface area contributed by atoms with Crippen LogP contribution < -0.4 is 10.6 Å². The lowest BCUT2D eigenvalue weighted by Crippen LogP contribution is -2.44. The molecule has 0 unspecified atom stereocenters. The highest BCUT2D eigenvalue weighted by molar-refractivity contribution is 5.98. The Hall–Kier alpha value is -4.97. The second kappa shape index (κ2) is 11.0. The Morgan fingerprint density at radius 3 is 2.50 bits per heavy atom. The Labute approximate surface area is 205 Å². The van der Waals surface area contributed by atoms with Crippen LogP contribution in [0.2, 0.25) is 0 Å². The van der Waals surface area contributed by atoms with E-state index in [0.717, 1.165) is 28.6 Å². The maximum Gasteiger partial charge on any atom is 0.329 e. The van der Waals surface area contributed by atoms with Crippen LogP contribution in [-0.4, -0.2) is 35.4 Å². The number of hydrogen-bond donors (Lipinski definition) is 3. The van der Waals surface area contributed by atoms with Crippen LogP contribution in [-0.2, 0) is 20.7 Å². The molecule has 0 fully saturated rings. The zero-order chi connectivity index (χ0) is 25.5. The summed E-state index contributed by atoms with van der Waals surface area (Å²) in [5.41, 5.74) is 2.35. The molecule has 0 saturated carbocycles. The summed E-state index contributed by atoms with van der Waals surface area (Å²) in [5.74, 6) is -2.55. The number of aromatic amines is 1. The summed E-state index contributed by atoms with van der Waals surface area (Å²) in [4.78, 5) is 41.2. The summed E-state index contributed by atoms with van der Waals surface area (Å²) < 4.78 is 18.5. The van der Waals surface area contributed by atoms with Gasteiger partial charge in [0, 0.05) is 29.1 Å². The van der Waals surface area contributed by atoms with E-state index in [-0.39, 0.29) is 17.5 Å². The van der Waals surface area contributed by atoms with Crippen molar-refractivity contribution < 1.29 is 23.5 Å². The van der Waals surface area contributed by atoms with Gasteiger partial charge in [0.2, 0.25) is 0 Å². The fraction of sp³-hybridized carbons (Fsp3) is 0.111. The minimum atomic E-state index is -1.12. The fourth-order valence-corrected chi connectivity index (χ4v) is 3.67. The average molecular weight is 484 g/mol. The van der Waals surface area contributed by atoms with Crippen LogP contribution in [0.3, 0.4) is 0 Å². The van der Waals surface area contributed by atoms with Crippen molar-refractivity contribution in [3.63, 3.8) is 0 Å². The van der Waals surface area contributed by atoms with E-state index >= 15 is 0 Å². The van der Waals surface area contributed by atoms with Crippen molar-refractivity contribution in [2.45, 2.75) is 12.5 Å². The van der Waals surface area contributed by atoms with E-state index in [9.17, 15) is 18.8 Å². The molecule has 8 nitrogen and oxygen atoms in total. The van der Waals surface area contributed by atoms with Crippen molar-refractivity contribution in [2.75, 3.05) is 11.9 Å². The van der Waals surface area contributed by atoms with Gasteiger partial charge in [0.1, 0.15) is 17.9 Å². The molecule has 3 aromatic carbocycles. The van der Waals surface area contributed by atoms with Crippen LogP contribution in [0.1, 0.15) is 21.5 Å². The molecule has 0 saturated heterocycles. The van der Waals surface area contributed by atoms with Crippen molar-refractivity contribution in [3.05, 3.63) is 102 Å². The number of hydrogen-bond acceptors (Lipinski definition) is 5. The van der Waals surface area contributed by atoms with E-state index in [1.165, 1.54) is 12.1 Å². The number of nitrogens with one attached hydrogen (secondary N) is 3. The molecular weight excluding hydrogens is 463 g/mol. The van der Waals surface area contributed by atoms with Gasteiger partial charge in [-0.1, -0.05) is 30.3 Å². The van der Waals surface area contributed by atoms with E-state index in [4.69, 9.17) is 10.00 Å². The molecule has 0 radical (unpaired) electrons. The van der Waals surface area contributed by atoms with Gasteiger partial charge in [-0.05, 0) is 48.0 Å². The predicted octanol–water partition coefficient (Wildman–Crippen LogP) is 3.70. The third-order valence-electron chi connectivity index (χ3n) is 5.46. The standard InChI is InChI=1S/C27H21FN4O4/c28-20-11-9-17(10-12-20)26(34)32-24(13-19-15-30-23-8-4-2-6-21(19)23)27(35)36-16-25(33)31-22-7-3-1-5-18(22)14-29/h1-12,15,24,30H,13,16H2,(H,31,33)(H,32,34)/t24-/m1/s1. The molecule has 180 valence electrons. The number of carbonyl (C=O) groups is 3. The second-order valence-electron chi connectivity index (χ2n) is 7.91. The van der Waals surface area contributed by atoms with Gasteiger partial charge in [0.15, 0.2) is 6.61 Å². The van der Waals surface area contributed by atoms with Crippen molar-refractivity contribution in [2.24, 2.45) is 0 Å². The van der Waals surface area contributed by atoms with Crippen LogP contribution in [0.4, 0.5) is 10.1 Å². The molecule has 1 aromatic heterocycles. The molecular formula is C27H21FN4O4. The quantitative estimate of drug-likeness (QED) is 0.329. The highest BCUT2D eigenvalue weighted by Gasteiger charge is 2.25. The van der Waals surface area contributed by atoms with Crippen LogP contribution in [0, 0.1) is 17.1 Å². The Kier molecular flexibility index (Phi) is 7.36. The summed E-state index contributed by atoms with van der Waals surface area (Å²) in [6.07, 6.45) is 1.83. The number of anilines is 1. The van der Waals surface area contributed by atoms with E-state index in [1.807, 2.05) is 30.3 Å². The van der Waals surface area contributed by atoms with E-state index in [2.05, 4.69) is 15.6 Å². The van der Waals surface area contributed by atoms with E-state index < -0.39 is 36.2 Å². The summed E-state index contributed by atoms with van der Waals surface area (Å²) in [6.45, 7) is -0.616. The average Bonchev–Trinajstić information content (AvgIpc) is 3.30. The third kappa shape index (κ3) is 5.74. The molecule has 9 heteroatoms. The van der Waals surface area contributed by atoms with Gasteiger partial charge in [-0.2, -0.15) is 5.26 Å². The predicted molar refractivity (Wildman–Crippen MR) is 130 cm³/mol. The van der Waals surface area contributed by atoms with Gasteiger partial charge >= 0.3 is 5.97 Å². The third-order valence-corrected chi connectivity index (χ3v) is 5.46. The Bertz CT molecular complexity index is 1460. The smallest absolute Gasteiger partial charge is 0.329 e. The number of carbonyl (C=O) groups excluding carboxylic acids is 3. The summed E-state index contributed by atoms with van der Waals surface area (Å²) in [6, 6.07) is 19.6. The SMILES string of the molecule is N#Cc1ccccc1NC(=O)COC(=O)[C@@H](Cc1c[nH]c2ccccc12)NC(=O)c1ccc(F)cc1. The van der Waals surface area contributed by atoms with Crippen LogP contribution in [0.5, 0.6) is 0 Å². The molecule has 0 bridgehead atoms. The van der Waals surface area contributed by atoms with Crippen LogP contribution in [0.25, 0.3) is 10.9 Å². The van der Waals surface area contributed by atoms with Crippen LogP contribution >= 0.6 is 0 Å². The molecule has 0 aliphatic heterocycles. The number of amides is 2. The highest BCUT2D eigenvalue weighted by Crippen LogP contribution is 2.20. The lowest BCUT2D eigenvalue weighted by molar-refractivity contribution is -0.149. The van der Waals surface area contributed by atoms with E-state index in [1.54, 1.807) is 30.5 Å². The van der Waals surface area contributed by atoms with E-state index in [0.29, 0.717) is 5.69 Å². The number of H-pyrrole nitrogens is 1. The number of nitriles is 1. The van der Waals surface area contributed by atoms with Gasteiger partial charge in [-0.3, -0.25) is 9.59 Å². The molecule has 4 rings (SSSR count). The molecule has 0 aliphatic carbocycles. The monoisotopic (exact) mass is 484 g/mol. The molecule has 0 spiro atoms. The van der Waals surface area contributed by atoms with Gasteiger partial charge in [-0.15, -0.1) is 0 Å². The molecule has 1 heterocycles. The largest absolute Gasteiger partial charge is 0.454 e. The normalized spacial score (nSPS) is 11.3. The summed E-state index contributed by atoms with van der Waals surface area (Å²) in [5, 5.41) is 15.2. The number of ether oxygens (including phenoxy) is 1. The molecule has 3 N–H and O–H groups in total. The zero-order valence-electron chi connectivity index (χ0n) is 19.0. The number of fused-ring (bicyclic) bond motifs is 1. The lowest BCUT2D eigenvalue weighted by atomic mass is 10.0. The first-order chi connectivity index (χ1) is 17.4. The maximum absolute atomic E-state index is 13.3. The number of benzene rings is 3. The summed E-state index contributed by atoms with van der Waals surface area (Å²) >= 11 is 0. The molecule has 0 aliphatic rings. The first-order valence-corrected chi connectivity index (χ1v) is 11.0. The topological polar surface area (TPSA) is 124 Å². The van der Waals surface area contributed by atoms with Crippen molar-refractivity contribution in [3.8, 4) is 6.07 Å². The summed E-state index contributed by atoms with van der Waals surface area (Å²) in [7, 11) is 0. The number of nitrogens with zero attached hydrogens (tertiary/aromatic N) is 1. The van der Waals surface area contributed by atoms with Gasteiger partial charge in [0.05, 0.1) is 11.3 Å². The molecule has 1 atom stereocenters. The van der Waals surface area contributed by atoms with Crippen molar-refractivity contribution >= 4 is 34.4 Å². The molecule has 4 aromatic rings. The Balaban J connectivity index is 1.48. The number of para-hydroxylation sites is 2. The van der Waals surface area contributed by atoms with Crippen LogP contribution in [0.15, 0.2) is 79.0 Å². The zero-order valence-corrected chi connectivity index (χ0v) is 19.0. The number of halogens is 1. The molecule has 36 heavy (non-hydrogen) atoms. The molecule has 2 amide bonds. The minimum absolute atomic E-state index is 0.0919. The van der Waals surface area contributed by atoms with Gasteiger partial charge in [0.25, 0.3) is 11.8 Å². The second-order valence-corrected chi connectivity index (χ2v) is 7.91. The minimum Gasteiger partial charge on any atom is -0.454 e. The first kappa shape index (κ1) is 24.2. The maximum atomic E-state index is 13.3. The number of aromatic nitrogens is 1. The van der Waals surface area contributed by atoms with Crippen molar-refractivity contribution in [1.29, 1.82) is 5.26 Å². The fourth-order valence-electron chi connectivity index (χ4n) is 3.67. The number of rotatable bonds is 8.